The molecule has 2 bridgehead atoms. The summed E-state index contributed by atoms with van der Waals surface area (Å²) in [4.78, 5) is 29.3. The van der Waals surface area contributed by atoms with Crippen molar-refractivity contribution in [1.29, 1.82) is 0 Å². The molecule has 3 aromatic rings. The summed E-state index contributed by atoms with van der Waals surface area (Å²) in [5.74, 6) is -2.93. The van der Waals surface area contributed by atoms with Crippen molar-refractivity contribution in [2.45, 2.75) is 10.9 Å². The minimum absolute atomic E-state index is 0.403. The van der Waals surface area contributed by atoms with E-state index >= 15 is 0 Å². The number of carbonyl (C=O) groups excluding carboxylic acids is 2. The van der Waals surface area contributed by atoms with Crippen LogP contribution >= 0.6 is 7.60 Å². The number of carbonyl (C=O) groups is 2. The third-order valence-corrected chi connectivity index (χ3v) is 9.69. The largest absolute Gasteiger partial charge is 0.367 e. The van der Waals surface area contributed by atoms with E-state index in [1.165, 1.54) is 19.1 Å². The van der Waals surface area contributed by atoms with Gasteiger partial charge in [0.15, 0.2) is 0 Å². The molecule has 3 heterocycles. The van der Waals surface area contributed by atoms with Crippen LogP contribution in [0.25, 0.3) is 0 Å². The Balaban J connectivity index is 1.70. The standard InChI is InChI=1S/C26H22NO6P/c1-31-34(30,32-2)26-20-16-10-9-15-19(20)25(33-26,17-11-5-3-6-12-17)21-22(26)24(29)27(23(21)28)18-13-7-4-8-14-18/h3-16,21-22H,1-2H3/t21-,22+,25+,26+/m1/s1. The Hall–Kier alpha value is -3.09. The van der Waals surface area contributed by atoms with Crippen LogP contribution in [0.1, 0.15) is 16.7 Å². The molecule has 3 aromatic carbocycles. The van der Waals surface area contributed by atoms with Gasteiger partial charge in [-0.25, -0.2) is 4.90 Å². The minimum Gasteiger partial charge on any atom is -0.340 e. The molecule has 6 rings (SSSR count). The number of ether oxygens (including phenoxy) is 1. The predicted octanol–water partition coefficient (Wildman–Crippen LogP) is 4.42. The van der Waals surface area contributed by atoms with E-state index in [9.17, 15) is 14.2 Å². The molecule has 8 heteroatoms. The summed E-state index contributed by atoms with van der Waals surface area (Å²) < 4.78 is 32.0. The summed E-state index contributed by atoms with van der Waals surface area (Å²) in [5, 5.41) is -1.77. The Morgan fingerprint density at radius 1 is 0.765 bits per heavy atom. The van der Waals surface area contributed by atoms with Gasteiger partial charge in [-0.05, 0) is 23.3 Å². The average molecular weight is 475 g/mol. The van der Waals surface area contributed by atoms with E-state index in [0.717, 1.165) is 0 Å². The van der Waals surface area contributed by atoms with E-state index in [1.54, 1.807) is 36.4 Å². The van der Waals surface area contributed by atoms with Crippen molar-refractivity contribution in [3.8, 4) is 0 Å². The van der Waals surface area contributed by atoms with Crippen molar-refractivity contribution in [3.63, 3.8) is 0 Å². The van der Waals surface area contributed by atoms with E-state index in [4.69, 9.17) is 13.8 Å². The number of rotatable bonds is 5. The van der Waals surface area contributed by atoms with Gasteiger partial charge in [0.25, 0.3) is 0 Å². The number of para-hydroxylation sites is 1. The fourth-order valence-corrected chi connectivity index (χ4v) is 8.08. The van der Waals surface area contributed by atoms with E-state index in [0.29, 0.717) is 22.4 Å². The van der Waals surface area contributed by atoms with Crippen molar-refractivity contribution in [1.82, 2.24) is 0 Å². The van der Waals surface area contributed by atoms with Crippen LogP contribution in [0.15, 0.2) is 84.9 Å². The third-order valence-electron chi connectivity index (χ3n) is 7.30. The first-order valence-corrected chi connectivity index (χ1v) is 12.5. The lowest BCUT2D eigenvalue weighted by atomic mass is 9.66. The summed E-state index contributed by atoms with van der Waals surface area (Å²) in [7, 11) is -1.54. The normalized spacial score (nSPS) is 29.4. The molecule has 34 heavy (non-hydrogen) atoms. The van der Waals surface area contributed by atoms with Crippen LogP contribution in [-0.4, -0.2) is 26.0 Å². The monoisotopic (exact) mass is 475 g/mol. The van der Waals surface area contributed by atoms with Crippen LogP contribution in [0.5, 0.6) is 0 Å². The summed E-state index contributed by atoms with van der Waals surface area (Å²) in [6.07, 6.45) is 0. The lowest BCUT2D eigenvalue weighted by molar-refractivity contribution is -0.130. The van der Waals surface area contributed by atoms with Crippen LogP contribution in [-0.2, 0) is 38.9 Å². The van der Waals surface area contributed by atoms with Crippen LogP contribution < -0.4 is 4.90 Å². The Morgan fingerprint density at radius 2 is 1.29 bits per heavy atom. The molecule has 0 aromatic heterocycles. The van der Waals surface area contributed by atoms with Gasteiger partial charge in [0.2, 0.25) is 17.2 Å². The maximum Gasteiger partial charge on any atom is 0.367 e. The second-order valence-electron chi connectivity index (χ2n) is 8.61. The molecule has 0 spiro atoms. The van der Waals surface area contributed by atoms with E-state index in [1.807, 2.05) is 48.5 Å². The Kier molecular flexibility index (Phi) is 4.54. The minimum atomic E-state index is -4.09. The smallest absolute Gasteiger partial charge is 0.340 e. The number of amides is 2. The van der Waals surface area contributed by atoms with Gasteiger partial charge in [-0.3, -0.25) is 14.2 Å². The van der Waals surface area contributed by atoms with E-state index in [2.05, 4.69) is 0 Å². The van der Waals surface area contributed by atoms with Crippen molar-refractivity contribution < 1.29 is 27.9 Å². The van der Waals surface area contributed by atoms with Crippen molar-refractivity contribution >= 4 is 25.1 Å². The topological polar surface area (TPSA) is 82.1 Å². The maximum absolute atomic E-state index is 14.3. The first-order valence-electron chi connectivity index (χ1n) is 11.0. The highest BCUT2D eigenvalue weighted by Crippen LogP contribution is 2.81. The molecule has 7 nitrogen and oxygen atoms in total. The lowest BCUT2D eigenvalue weighted by Crippen LogP contribution is -2.42. The van der Waals surface area contributed by atoms with Crippen molar-refractivity contribution in [2.24, 2.45) is 11.8 Å². The predicted molar refractivity (Wildman–Crippen MR) is 124 cm³/mol. The zero-order valence-corrected chi connectivity index (χ0v) is 19.5. The van der Waals surface area contributed by atoms with Gasteiger partial charge in [-0.2, -0.15) is 0 Å². The van der Waals surface area contributed by atoms with Gasteiger partial charge in [0.1, 0.15) is 5.60 Å². The second-order valence-corrected chi connectivity index (χ2v) is 11.0. The zero-order valence-electron chi connectivity index (χ0n) is 18.6. The molecule has 3 aliphatic heterocycles. The van der Waals surface area contributed by atoms with E-state index in [-0.39, 0.29) is 0 Å². The van der Waals surface area contributed by atoms with Crippen LogP contribution in [0.3, 0.4) is 0 Å². The SMILES string of the molecule is COP(=O)(OC)[C@@]12O[C@@](c3ccccc3)(c3ccccc31)[C@H]1C(=O)N(c3ccccc3)C(=O)[C@H]12. The quantitative estimate of drug-likeness (QED) is 0.402. The van der Waals surface area contributed by atoms with Gasteiger partial charge in [0.05, 0.1) is 17.5 Å². The summed E-state index contributed by atoms with van der Waals surface area (Å²) in [5.41, 5.74) is 1.06. The Morgan fingerprint density at radius 3 is 1.91 bits per heavy atom. The summed E-state index contributed by atoms with van der Waals surface area (Å²) in [6.45, 7) is 0. The fourth-order valence-electron chi connectivity index (χ4n) is 6.04. The molecule has 0 unspecified atom stereocenters. The van der Waals surface area contributed by atoms with Crippen LogP contribution in [0.4, 0.5) is 5.69 Å². The zero-order chi connectivity index (χ0) is 23.7. The van der Waals surface area contributed by atoms with Gasteiger partial charge in [0, 0.05) is 19.8 Å². The maximum atomic E-state index is 14.3. The van der Waals surface area contributed by atoms with Crippen molar-refractivity contribution in [2.75, 3.05) is 19.1 Å². The summed E-state index contributed by atoms with van der Waals surface area (Å²) in [6, 6.07) is 25.3. The number of fused-ring (bicyclic) bond motifs is 8. The molecule has 3 aliphatic rings. The number of hydrogen-bond acceptors (Lipinski definition) is 6. The highest BCUT2D eigenvalue weighted by molar-refractivity contribution is 7.55. The van der Waals surface area contributed by atoms with Gasteiger partial charge in [-0.1, -0.05) is 72.8 Å². The highest BCUT2D eigenvalue weighted by atomic mass is 31.2. The number of anilines is 1. The number of nitrogens with zero attached hydrogens (tertiary/aromatic N) is 1. The van der Waals surface area contributed by atoms with Gasteiger partial charge >= 0.3 is 7.60 Å². The molecule has 2 saturated heterocycles. The fraction of sp³-hybridized carbons (Fsp3) is 0.231. The molecule has 0 saturated carbocycles. The van der Waals surface area contributed by atoms with Crippen molar-refractivity contribution in [3.05, 3.63) is 102 Å². The molecule has 2 fully saturated rings. The number of benzene rings is 3. The van der Waals surface area contributed by atoms with Gasteiger partial charge in [-0.15, -0.1) is 0 Å². The molecule has 172 valence electrons. The first kappa shape index (κ1) is 21.4. The van der Waals surface area contributed by atoms with Crippen LogP contribution in [0, 0.1) is 11.8 Å². The molecule has 4 atom stereocenters. The molecule has 0 radical (unpaired) electrons. The molecular weight excluding hydrogens is 453 g/mol. The molecular formula is C26H22NO6P. The number of imide groups is 1. The molecule has 0 N–H and O–H groups in total. The first-order chi connectivity index (χ1) is 16.5. The van der Waals surface area contributed by atoms with Crippen LogP contribution in [0.2, 0.25) is 0 Å². The number of hydrogen-bond donors (Lipinski definition) is 0. The molecule has 0 aliphatic carbocycles. The third kappa shape index (κ3) is 2.30. The lowest BCUT2D eigenvalue weighted by Gasteiger charge is -2.36. The second kappa shape index (κ2) is 7.20. The van der Waals surface area contributed by atoms with E-state index < -0.39 is 42.2 Å². The molecule has 2 amide bonds. The average Bonchev–Trinajstić information content (AvgIpc) is 3.49. The van der Waals surface area contributed by atoms with Gasteiger partial charge < -0.3 is 13.8 Å². The Labute approximate surface area is 196 Å². The Bertz CT molecular complexity index is 1350. The highest BCUT2D eigenvalue weighted by Gasteiger charge is 2.83. The summed E-state index contributed by atoms with van der Waals surface area (Å²) >= 11 is 0.